The van der Waals surface area contributed by atoms with Gasteiger partial charge in [-0.15, -0.1) is 6.58 Å². The molecular weight excluding hydrogens is 238 g/mol. The van der Waals surface area contributed by atoms with Crippen molar-refractivity contribution in [2.24, 2.45) is 0 Å². The van der Waals surface area contributed by atoms with Crippen LogP contribution in [-0.4, -0.2) is 16.7 Å². The Morgan fingerprint density at radius 2 is 2.11 bits per heavy atom. The third-order valence-corrected chi connectivity index (χ3v) is 3.54. The first-order valence-corrected chi connectivity index (χ1v) is 6.55. The Hall–Kier alpha value is -1.94. The SMILES string of the molecule is C=CCNCc1nc(C2(c3ccccc3)CC2)no1. The summed E-state index contributed by atoms with van der Waals surface area (Å²) in [5, 5.41) is 7.32. The molecule has 0 radical (unpaired) electrons. The lowest BCUT2D eigenvalue weighted by atomic mass is 9.95. The molecule has 19 heavy (non-hydrogen) atoms. The standard InChI is InChI=1S/C15H17N3O/c1-2-10-16-11-13-17-14(18-19-13)15(8-9-15)12-6-4-3-5-7-12/h2-7,16H,1,8-11H2. The summed E-state index contributed by atoms with van der Waals surface area (Å²) in [4.78, 5) is 4.52. The van der Waals surface area contributed by atoms with E-state index >= 15 is 0 Å². The Morgan fingerprint density at radius 1 is 1.32 bits per heavy atom. The van der Waals surface area contributed by atoms with Crippen LogP contribution in [0.3, 0.4) is 0 Å². The van der Waals surface area contributed by atoms with Gasteiger partial charge in [-0.2, -0.15) is 4.98 Å². The topological polar surface area (TPSA) is 51.0 Å². The fraction of sp³-hybridized carbons (Fsp3) is 0.333. The number of nitrogens with one attached hydrogen (secondary N) is 1. The minimum Gasteiger partial charge on any atom is -0.338 e. The van der Waals surface area contributed by atoms with Crippen LogP contribution in [0.2, 0.25) is 0 Å². The number of hydrogen-bond donors (Lipinski definition) is 1. The maximum Gasteiger partial charge on any atom is 0.240 e. The molecule has 2 aromatic rings. The molecule has 1 saturated carbocycles. The Morgan fingerprint density at radius 3 is 2.79 bits per heavy atom. The second-order valence-electron chi connectivity index (χ2n) is 4.88. The van der Waals surface area contributed by atoms with E-state index in [1.165, 1.54) is 5.56 Å². The molecule has 1 fully saturated rings. The van der Waals surface area contributed by atoms with Gasteiger partial charge in [0, 0.05) is 6.54 Å². The zero-order valence-electron chi connectivity index (χ0n) is 10.8. The minimum absolute atomic E-state index is 0.0125. The van der Waals surface area contributed by atoms with E-state index in [0.717, 1.165) is 25.2 Å². The van der Waals surface area contributed by atoms with Gasteiger partial charge in [0.25, 0.3) is 0 Å². The van der Waals surface area contributed by atoms with Crippen molar-refractivity contribution >= 4 is 0 Å². The van der Waals surface area contributed by atoms with E-state index in [0.29, 0.717) is 12.4 Å². The zero-order chi connectivity index (χ0) is 13.1. The third-order valence-electron chi connectivity index (χ3n) is 3.54. The van der Waals surface area contributed by atoms with Crippen LogP contribution >= 0.6 is 0 Å². The third kappa shape index (κ3) is 2.31. The lowest BCUT2D eigenvalue weighted by Crippen LogP contribution is -2.14. The summed E-state index contributed by atoms with van der Waals surface area (Å²) in [6, 6.07) is 10.4. The number of aromatic nitrogens is 2. The van der Waals surface area contributed by atoms with Gasteiger partial charge >= 0.3 is 0 Å². The molecule has 4 heteroatoms. The Labute approximate surface area is 112 Å². The van der Waals surface area contributed by atoms with Gasteiger partial charge in [0.15, 0.2) is 5.82 Å². The molecule has 1 aliphatic carbocycles. The largest absolute Gasteiger partial charge is 0.338 e. The molecule has 0 aliphatic heterocycles. The highest BCUT2D eigenvalue weighted by Crippen LogP contribution is 2.52. The van der Waals surface area contributed by atoms with E-state index in [-0.39, 0.29) is 5.41 Å². The average molecular weight is 255 g/mol. The van der Waals surface area contributed by atoms with Crippen molar-refractivity contribution in [2.45, 2.75) is 24.8 Å². The Balaban J connectivity index is 1.77. The van der Waals surface area contributed by atoms with E-state index in [1.807, 2.05) is 12.1 Å². The zero-order valence-corrected chi connectivity index (χ0v) is 10.8. The van der Waals surface area contributed by atoms with Crippen LogP contribution in [0.15, 0.2) is 47.5 Å². The summed E-state index contributed by atoms with van der Waals surface area (Å²) in [5.74, 6) is 1.45. The molecule has 0 spiro atoms. The van der Waals surface area contributed by atoms with Gasteiger partial charge in [0.2, 0.25) is 5.89 Å². The highest BCUT2D eigenvalue weighted by Gasteiger charge is 2.49. The number of hydrogen-bond acceptors (Lipinski definition) is 4. The van der Waals surface area contributed by atoms with E-state index < -0.39 is 0 Å². The average Bonchev–Trinajstić information content (AvgIpc) is 3.14. The molecule has 3 rings (SSSR count). The lowest BCUT2D eigenvalue weighted by molar-refractivity contribution is 0.363. The molecule has 1 aromatic carbocycles. The normalized spacial score (nSPS) is 16.2. The van der Waals surface area contributed by atoms with Gasteiger partial charge in [-0.3, -0.25) is 0 Å². The summed E-state index contributed by atoms with van der Waals surface area (Å²) in [7, 11) is 0. The highest BCUT2D eigenvalue weighted by molar-refractivity contribution is 5.38. The van der Waals surface area contributed by atoms with Gasteiger partial charge in [-0.25, -0.2) is 0 Å². The van der Waals surface area contributed by atoms with E-state index in [2.05, 4.69) is 46.3 Å². The molecule has 0 unspecified atom stereocenters. The molecule has 4 nitrogen and oxygen atoms in total. The monoisotopic (exact) mass is 255 g/mol. The molecule has 0 atom stereocenters. The summed E-state index contributed by atoms with van der Waals surface area (Å²) < 4.78 is 5.30. The first kappa shape index (κ1) is 12.1. The number of benzene rings is 1. The second-order valence-corrected chi connectivity index (χ2v) is 4.88. The van der Waals surface area contributed by atoms with Crippen molar-refractivity contribution in [1.82, 2.24) is 15.5 Å². The maximum atomic E-state index is 5.30. The van der Waals surface area contributed by atoms with Gasteiger partial charge in [-0.1, -0.05) is 41.6 Å². The molecule has 0 saturated heterocycles. The second kappa shape index (κ2) is 4.97. The predicted octanol–water partition coefficient (Wildman–Crippen LogP) is 2.43. The lowest BCUT2D eigenvalue weighted by Gasteiger charge is -2.09. The van der Waals surface area contributed by atoms with Crippen LogP contribution in [0.25, 0.3) is 0 Å². The van der Waals surface area contributed by atoms with Gasteiger partial charge < -0.3 is 9.84 Å². The van der Waals surface area contributed by atoms with Crippen molar-refractivity contribution in [2.75, 3.05) is 6.54 Å². The fourth-order valence-electron chi connectivity index (χ4n) is 2.33. The van der Waals surface area contributed by atoms with Crippen LogP contribution in [-0.2, 0) is 12.0 Å². The molecule has 0 bridgehead atoms. The van der Waals surface area contributed by atoms with Gasteiger partial charge in [0.05, 0.1) is 12.0 Å². The predicted molar refractivity (Wildman–Crippen MR) is 72.7 cm³/mol. The summed E-state index contributed by atoms with van der Waals surface area (Å²) in [6.45, 7) is 4.98. The van der Waals surface area contributed by atoms with Crippen molar-refractivity contribution in [3.8, 4) is 0 Å². The molecule has 98 valence electrons. The Bertz CT molecular complexity index is 558. The molecule has 1 heterocycles. The smallest absolute Gasteiger partial charge is 0.240 e. The van der Waals surface area contributed by atoms with Crippen molar-refractivity contribution in [1.29, 1.82) is 0 Å². The first-order chi connectivity index (χ1) is 9.35. The van der Waals surface area contributed by atoms with Crippen molar-refractivity contribution in [3.63, 3.8) is 0 Å². The van der Waals surface area contributed by atoms with Gasteiger partial charge in [0.1, 0.15) is 0 Å². The highest BCUT2D eigenvalue weighted by atomic mass is 16.5. The van der Waals surface area contributed by atoms with Crippen molar-refractivity contribution in [3.05, 3.63) is 60.3 Å². The first-order valence-electron chi connectivity index (χ1n) is 6.55. The quantitative estimate of drug-likeness (QED) is 0.636. The number of nitrogens with zero attached hydrogens (tertiary/aromatic N) is 2. The summed E-state index contributed by atoms with van der Waals surface area (Å²) in [5.41, 5.74) is 1.27. The number of rotatable bonds is 6. The molecule has 0 amide bonds. The van der Waals surface area contributed by atoms with E-state index in [4.69, 9.17) is 4.52 Å². The minimum atomic E-state index is -0.0125. The molecule has 1 aliphatic rings. The fourth-order valence-corrected chi connectivity index (χ4v) is 2.33. The maximum absolute atomic E-state index is 5.30. The molecular formula is C15H17N3O. The summed E-state index contributed by atoms with van der Waals surface area (Å²) in [6.07, 6.45) is 4.00. The molecule has 1 N–H and O–H groups in total. The van der Waals surface area contributed by atoms with Crippen molar-refractivity contribution < 1.29 is 4.52 Å². The van der Waals surface area contributed by atoms with Crippen LogP contribution in [0.5, 0.6) is 0 Å². The summed E-state index contributed by atoms with van der Waals surface area (Å²) >= 11 is 0. The molecule has 1 aromatic heterocycles. The van der Waals surface area contributed by atoms with Crippen LogP contribution < -0.4 is 5.32 Å². The van der Waals surface area contributed by atoms with Crippen LogP contribution in [0, 0.1) is 0 Å². The van der Waals surface area contributed by atoms with E-state index in [1.54, 1.807) is 0 Å². The van der Waals surface area contributed by atoms with Gasteiger partial charge in [-0.05, 0) is 18.4 Å². The van der Waals surface area contributed by atoms with Crippen LogP contribution in [0.1, 0.15) is 30.1 Å². The Kier molecular flexibility index (Phi) is 3.17. The van der Waals surface area contributed by atoms with E-state index in [9.17, 15) is 0 Å². The van der Waals surface area contributed by atoms with Crippen LogP contribution in [0.4, 0.5) is 0 Å².